The second-order valence-electron chi connectivity index (χ2n) is 18.0. The molecule has 1 aliphatic rings. The number of allylic oxidation sites excluding steroid dienone is 4. The standard InChI is InChI=1S/C58H50N2O2/c1-33-9-13-37(5)51(21-33)59(52-22-34(2)10-14-38(52)6)45-19-17-41-27-47-49-31-58-50(32-57(49)61-55(47)29-43(41)25-45)48-28-42-18-20-46(26-44(42)30-56(48)62-58)60(53-23-35(3)11-15-39(53)7)54-24-36(4)12-16-40(54)8/h9-15,17-32,40H,16H2,1-8H3. The number of rotatable bonds is 6. The molecular weight excluding hydrogens is 757 g/mol. The predicted octanol–water partition coefficient (Wildman–Crippen LogP) is 17.1. The summed E-state index contributed by atoms with van der Waals surface area (Å²) >= 11 is 0. The third kappa shape index (κ3) is 6.27. The first-order valence-corrected chi connectivity index (χ1v) is 21.9. The molecule has 0 aliphatic heterocycles. The lowest BCUT2D eigenvalue weighted by atomic mass is 9.92. The van der Waals surface area contributed by atoms with Gasteiger partial charge >= 0.3 is 0 Å². The van der Waals surface area contributed by atoms with Crippen LogP contribution >= 0.6 is 0 Å². The second kappa shape index (κ2) is 14.3. The van der Waals surface area contributed by atoms with Crippen LogP contribution in [0.25, 0.3) is 65.4 Å². The average Bonchev–Trinajstić information content (AvgIpc) is 3.78. The molecule has 0 saturated carbocycles. The van der Waals surface area contributed by atoms with Gasteiger partial charge in [0.1, 0.15) is 22.3 Å². The Morgan fingerprint density at radius 2 is 0.839 bits per heavy atom. The lowest BCUT2D eigenvalue weighted by molar-refractivity contribution is 0.664. The van der Waals surface area contributed by atoms with E-state index in [0.717, 1.165) is 77.8 Å². The summed E-state index contributed by atoms with van der Waals surface area (Å²) in [5.41, 5.74) is 19.4. The van der Waals surface area contributed by atoms with Gasteiger partial charge in [-0.25, -0.2) is 0 Å². The van der Waals surface area contributed by atoms with E-state index >= 15 is 0 Å². The van der Waals surface area contributed by atoms with Gasteiger partial charge in [-0.2, -0.15) is 0 Å². The van der Waals surface area contributed by atoms with Crippen molar-refractivity contribution in [3.63, 3.8) is 0 Å². The Kier molecular flexibility index (Phi) is 8.73. The van der Waals surface area contributed by atoms with E-state index in [1.807, 2.05) is 0 Å². The van der Waals surface area contributed by atoms with Gasteiger partial charge in [0.15, 0.2) is 0 Å². The number of benzene rings is 8. The fraction of sp³-hybridized carbons (Fsp3) is 0.172. The molecule has 10 aromatic rings. The second-order valence-corrected chi connectivity index (χ2v) is 18.0. The number of furan rings is 2. The van der Waals surface area contributed by atoms with Crippen molar-refractivity contribution in [2.45, 2.75) is 61.8 Å². The Balaban J connectivity index is 1.01. The van der Waals surface area contributed by atoms with Gasteiger partial charge in [-0.05, 0) is 195 Å². The van der Waals surface area contributed by atoms with Crippen molar-refractivity contribution in [2.24, 2.45) is 5.92 Å². The Labute approximate surface area is 363 Å². The van der Waals surface area contributed by atoms with Gasteiger partial charge in [-0.15, -0.1) is 0 Å². The zero-order chi connectivity index (χ0) is 42.6. The van der Waals surface area contributed by atoms with E-state index in [4.69, 9.17) is 8.83 Å². The molecule has 8 aromatic carbocycles. The van der Waals surface area contributed by atoms with Crippen LogP contribution in [0.3, 0.4) is 0 Å². The van der Waals surface area contributed by atoms with Crippen LogP contribution < -0.4 is 9.80 Å². The summed E-state index contributed by atoms with van der Waals surface area (Å²) in [4.78, 5) is 4.88. The van der Waals surface area contributed by atoms with Crippen LogP contribution in [0.15, 0.2) is 160 Å². The van der Waals surface area contributed by atoms with Crippen molar-refractivity contribution in [3.8, 4) is 0 Å². The molecule has 1 unspecified atom stereocenters. The smallest absolute Gasteiger partial charge is 0.136 e. The van der Waals surface area contributed by atoms with Crippen molar-refractivity contribution >= 4 is 93.9 Å². The van der Waals surface area contributed by atoms with Crippen LogP contribution in [-0.4, -0.2) is 0 Å². The molecular formula is C58H50N2O2. The molecule has 0 fully saturated rings. The van der Waals surface area contributed by atoms with E-state index in [0.29, 0.717) is 5.92 Å². The number of anilines is 5. The highest BCUT2D eigenvalue weighted by Crippen LogP contribution is 2.44. The summed E-state index contributed by atoms with van der Waals surface area (Å²) in [5, 5.41) is 8.90. The quantitative estimate of drug-likeness (QED) is 0.168. The van der Waals surface area contributed by atoms with Gasteiger partial charge in [0, 0.05) is 61.6 Å². The van der Waals surface area contributed by atoms with Gasteiger partial charge in [0.05, 0.1) is 0 Å². The highest BCUT2D eigenvalue weighted by molar-refractivity contribution is 6.18. The summed E-state index contributed by atoms with van der Waals surface area (Å²) in [6.45, 7) is 17.6. The summed E-state index contributed by atoms with van der Waals surface area (Å²) < 4.78 is 13.4. The molecule has 4 nitrogen and oxygen atoms in total. The third-order valence-electron chi connectivity index (χ3n) is 13.2. The number of aryl methyl sites for hydroxylation is 6. The maximum Gasteiger partial charge on any atom is 0.136 e. The van der Waals surface area contributed by atoms with E-state index in [9.17, 15) is 0 Å². The molecule has 0 bridgehead atoms. The van der Waals surface area contributed by atoms with Crippen LogP contribution in [0.2, 0.25) is 0 Å². The molecule has 11 rings (SSSR count). The Bertz CT molecular complexity index is 3510. The van der Waals surface area contributed by atoms with Gasteiger partial charge in [-0.1, -0.05) is 67.1 Å². The van der Waals surface area contributed by atoms with Crippen molar-refractivity contribution in [1.82, 2.24) is 0 Å². The topological polar surface area (TPSA) is 32.8 Å². The van der Waals surface area contributed by atoms with Gasteiger partial charge in [0.2, 0.25) is 0 Å². The lowest BCUT2D eigenvalue weighted by Gasteiger charge is -2.34. The summed E-state index contributed by atoms with van der Waals surface area (Å²) in [7, 11) is 0. The normalized spacial score (nSPS) is 14.4. The first-order valence-electron chi connectivity index (χ1n) is 21.9. The monoisotopic (exact) mass is 806 g/mol. The molecule has 0 spiro atoms. The van der Waals surface area contributed by atoms with Crippen LogP contribution in [0.4, 0.5) is 28.4 Å². The Morgan fingerprint density at radius 3 is 1.32 bits per heavy atom. The fourth-order valence-corrected chi connectivity index (χ4v) is 9.70. The van der Waals surface area contributed by atoms with Gasteiger partial charge < -0.3 is 18.6 Å². The van der Waals surface area contributed by atoms with Gasteiger partial charge in [0.25, 0.3) is 0 Å². The molecule has 4 heteroatoms. The van der Waals surface area contributed by atoms with Crippen molar-refractivity contribution in [1.29, 1.82) is 0 Å². The van der Waals surface area contributed by atoms with Crippen molar-refractivity contribution in [3.05, 3.63) is 184 Å². The molecule has 62 heavy (non-hydrogen) atoms. The van der Waals surface area contributed by atoms with E-state index in [2.05, 4.69) is 205 Å². The van der Waals surface area contributed by atoms with Crippen LogP contribution in [0.5, 0.6) is 0 Å². The molecule has 0 N–H and O–H groups in total. The van der Waals surface area contributed by atoms with Crippen LogP contribution in [0.1, 0.15) is 53.6 Å². The Morgan fingerprint density at radius 1 is 0.419 bits per heavy atom. The highest BCUT2D eigenvalue weighted by Gasteiger charge is 2.24. The SMILES string of the molecule is CC1=CCC(C)C(N(c2ccc3cc4c(cc3c2)oc2cc3c(cc24)oc2cc4cc(N(c5cc(C)ccc5C)c5cc(C)ccc5C)ccc4cc23)c2cc(C)ccc2C)=C1. The fourth-order valence-electron chi connectivity index (χ4n) is 9.70. The van der Waals surface area contributed by atoms with E-state index in [-0.39, 0.29) is 0 Å². The van der Waals surface area contributed by atoms with Crippen molar-refractivity contribution in [2.75, 3.05) is 9.80 Å². The first-order chi connectivity index (χ1) is 29.9. The number of fused-ring (bicyclic) bond motifs is 8. The predicted molar refractivity (Wildman–Crippen MR) is 263 cm³/mol. The number of hydrogen-bond donors (Lipinski definition) is 0. The summed E-state index contributed by atoms with van der Waals surface area (Å²) in [5.74, 6) is 0.393. The lowest BCUT2D eigenvalue weighted by Crippen LogP contribution is -2.23. The molecule has 2 heterocycles. The molecule has 2 aromatic heterocycles. The molecule has 1 atom stereocenters. The maximum atomic E-state index is 6.72. The van der Waals surface area contributed by atoms with E-state index < -0.39 is 0 Å². The summed E-state index contributed by atoms with van der Waals surface area (Å²) in [6, 6.07) is 47.1. The highest BCUT2D eigenvalue weighted by atomic mass is 16.3. The zero-order valence-corrected chi connectivity index (χ0v) is 36.8. The minimum Gasteiger partial charge on any atom is -0.456 e. The number of hydrogen-bond acceptors (Lipinski definition) is 4. The molecule has 304 valence electrons. The van der Waals surface area contributed by atoms with Gasteiger partial charge in [-0.3, -0.25) is 0 Å². The van der Waals surface area contributed by atoms with Crippen LogP contribution in [-0.2, 0) is 0 Å². The molecule has 0 saturated heterocycles. The zero-order valence-electron chi connectivity index (χ0n) is 36.8. The number of nitrogens with zero attached hydrogens (tertiary/aromatic N) is 2. The largest absolute Gasteiger partial charge is 0.456 e. The third-order valence-corrected chi connectivity index (χ3v) is 13.2. The van der Waals surface area contributed by atoms with Crippen LogP contribution in [0, 0.1) is 47.5 Å². The average molecular weight is 807 g/mol. The summed E-state index contributed by atoms with van der Waals surface area (Å²) in [6.07, 6.45) is 5.74. The first kappa shape index (κ1) is 37.9. The van der Waals surface area contributed by atoms with Crippen molar-refractivity contribution < 1.29 is 8.83 Å². The molecule has 0 amide bonds. The Hall–Kier alpha value is -7.04. The molecule has 0 radical (unpaired) electrons. The minimum atomic E-state index is 0.393. The minimum absolute atomic E-state index is 0.393. The van der Waals surface area contributed by atoms with E-state index in [1.165, 1.54) is 67.1 Å². The molecule has 1 aliphatic carbocycles. The maximum absolute atomic E-state index is 6.72. The van der Waals surface area contributed by atoms with E-state index in [1.54, 1.807) is 0 Å².